The zero-order valence-electron chi connectivity index (χ0n) is 12.5. The molecule has 1 aromatic heterocycles. The van der Waals surface area contributed by atoms with Crippen LogP contribution in [0.3, 0.4) is 0 Å². The number of para-hydroxylation sites is 1. The van der Waals surface area contributed by atoms with Crippen LogP contribution < -0.4 is 10.1 Å². The number of ether oxygens (including phenoxy) is 1. The predicted octanol–water partition coefficient (Wildman–Crippen LogP) is 2.71. The molecule has 1 aromatic carbocycles. The molecule has 0 radical (unpaired) electrons. The Hall–Kier alpha value is -1.81. The second-order valence-electron chi connectivity index (χ2n) is 4.83. The van der Waals surface area contributed by atoms with E-state index in [0.29, 0.717) is 12.6 Å². The first-order valence-corrected chi connectivity index (χ1v) is 7.12. The summed E-state index contributed by atoms with van der Waals surface area (Å²) in [5.74, 6) is 0.968. The molecule has 0 bridgehead atoms. The number of nitrogens with zero attached hydrogens (tertiary/aromatic N) is 2. The monoisotopic (exact) mass is 273 g/mol. The smallest absolute Gasteiger partial charge is 0.124 e. The van der Waals surface area contributed by atoms with E-state index < -0.39 is 0 Å². The fourth-order valence-corrected chi connectivity index (χ4v) is 2.39. The molecule has 1 N–H and O–H groups in total. The van der Waals surface area contributed by atoms with Gasteiger partial charge in [-0.15, -0.1) is 0 Å². The molecule has 1 atom stereocenters. The Bertz CT molecular complexity index is 532. The molecule has 0 spiro atoms. The molecule has 2 aromatic rings. The van der Waals surface area contributed by atoms with Gasteiger partial charge in [0.1, 0.15) is 5.75 Å². The summed E-state index contributed by atoms with van der Waals surface area (Å²) in [6.45, 7) is 2.84. The largest absolute Gasteiger partial charge is 0.493 e. The van der Waals surface area contributed by atoms with Crippen molar-refractivity contribution in [3.63, 3.8) is 0 Å². The van der Waals surface area contributed by atoms with Crippen molar-refractivity contribution in [3.05, 3.63) is 47.8 Å². The highest BCUT2D eigenvalue weighted by Gasteiger charge is 2.12. The van der Waals surface area contributed by atoms with E-state index in [4.69, 9.17) is 4.74 Å². The maximum absolute atomic E-state index is 5.97. The number of hydrogen-bond acceptors (Lipinski definition) is 3. The van der Waals surface area contributed by atoms with Crippen LogP contribution in [0.15, 0.2) is 36.5 Å². The van der Waals surface area contributed by atoms with E-state index in [1.807, 2.05) is 43.2 Å². The third-order valence-corrected chi connectivity index (χ3v) is 3.59. The predicted molar refractivity (Wildman–Crippen MR) is 80.9 cm³/mol. The molecule has 0 amide bonds. The average molecular weight is 273 g/mol. The van der Waals surface area contributed by atoms with E-state index >= 15 is 0 Å². The first-order chi connectivity index (χ1) is 9.76. The van der Waals surface area contributed by atoms with Crippen LogP contribution in [-0.4, -0.2) is 23.4 Å². The molecule has 0 aliphatic carbocycles. The maximum Gasteiger partial charge on any atom is 0.124 e. The Kier molecular flexibility index (Phi) is 5.18. The van der Waals surface area contributed by atoms with Crippen LogP contribution in [0.2, 0.25) is 0 Å². The normalized spacial score (nSPS) is 12.3. The molecular formula is C16H23N3O. The summed E-state index contributed by atoms with van der Waals surface area (Å²) < 4.78 is 7.86. The van der Waals surface area contributed by atoms with Gasteiger partial charge in [0.25, 0.3) is 0 Å². The van der Waals surface area contributed by atoms with Gasteiger partial charge in [-0.25, -0.2) is 0 Å². The van der Waals surface area contributed by atoms with Crippen molar-refractivity contribution in [1.82, 2.24) is 15.1 Å². The third kappa shape index (κ3) is 3.39. The SMILES string of the molecule is CCC(NC)c1ccccc1OCCc1ccnn1C. The van der Waals surface area contributed by atoms with Crippen molar-refractivity contribution in [1.29, 1.82) is 0 Å². The van der Waals surface area contributed by atoms with Crippen molar-refractivity contribution >= 4 is 0 Å². The van der Waals surface area contributed by atoms with Crippen LogP contribution in [0.25, 0.3) is 0 Å². The fraction of sp³-hybridized carbons (Fsp3) is 0.438. The van der Waals surface area contributed by atoms with E-state index in [2.05, 4.69) is 29.5 Å². The van der Waals surface area contributed by atoms with E-state index in [9.17, 15) is 0 Å². The van der Waals surface area contributed by atoms with Gasteiger partial charge in [0.05, 0.1) is 6.61 Å². The Morgan fingerprint density at radius 1 is 1.30 bits per heavy atom. The molecule has 2 rings (SSSR count). The van der Waals surface area contributed by atoms with Gasteiger partial charge in [-0.3, -0.25) is 4.68 Å². The Balaban J connectivity index is 2.00. The van der Waals surface area contributed by atoms with Gasteiger partial charge >= 0.3 is 0 Å². The maximum atomic E-state index is 5.97. The zero-order chi connectivity index (χ0) is 14.4. The Morgan fingerprint density at radius 3 is 2.75 bits per heavy atom. The topological polar surface area (TPSA) is 39.1 Å². The molecular weight excluding hydrogens is 250 g/mol. The molecule has 0 saturated carbocycles. The summed E-state index contributed by atoms with van der Waals surface area (Å²) >= 11 is 0. The summed E-state index contributed by atoms with van der Waals surface area (Å²) in [4.78, 5) is 0. The second-order valence-corrected chi connectivity index (χ2v) is 4.83. The first kappa shape index (κ1) is 14.6. The highest BCUT2D eigenvalue weighted by atomic mass is 16.5. The van der Waals surface area contributed by atoms with E-state index in [-0.39, 0.29) is 0 Å². The summed E-state index contributed by atoms with van der Waals surface area (Å²) in [7, 11) is 3.94. The number of benzene rings is 1. The van der Waals surface area contributed by atoms with Crippen molar-refractivity contribution in [3.8, 4) is 5.75 Å². The van der Waals surface area contributed by atoms with E-state index in [0.717, 1.165) is 18.6 Å². The van der Waals surface area contributed by atoms with Crippen LogP contribution in [0.1, 0.15) is 30.6 Å². The number of aryl methyl sites for hydroxylation is 1. The molecule has 4 heteroatoms. The molecule has 0 aliphatic rings. The fourth-order valence-electron chi connectivity index (χ4n) is 2.39. The van der Waals surface area contributed by atoms with E-state index in [1.165, 1.54) is 11.3 Å². The van der Waals surface area contributed by atoms with Crippen molar-refractivity contribution in [2.75, 3.05) is 13.7 Å². The number of aromatic nitrogens is 2. The number of nitrogens with one attached hydrogen (secondary N) is 1. The Labute approximate surface area is 120 Å². The minimum Gasteiger partial charge on any atom is -0.493 e. The van der Waals surface area contributed by atoms with Crippen LogP contribution in [-0.2, 0) is 13.5 Å². The lowest BCUT2D eigenvalue weighted by atomic mass is 10.0. The molecule has 108 valence electrons. The lowest BCUT2D eigenvalue weighted by Crippen LogP contribution is -2.17. The van der Waals surface area contributed by atoms with Crippen molar-refractivity contribution in [2.24, 2.45) is 7.05 Å². The third-order valence-electron chi connectivity index (χ3n) is 3.59. The minimum atomic E-state index is 0.336. The van der Waals surface area contributed by atoms with Gasteiger partial charge in [0.2, 0.25) is 0 Å². The van der Waals surface area contributed by atoms with Gasteiger partial charge in [-0.1, -0.05) is 25.1 Å². The minimum absolute atomic E-state index is 0.336. The number of hydrogen-bond donors (Lipinski definition) is 1. The van der Waals surface area contributed by atoms with E-state index in [1.54, 1.807) is 0 Å². The van der Waals surface area contributed by atoms with Gasteiger partial charge in [-0.2, -0.15) is 5.10 Å². The summed E-state index contributed by atoms with van der Waals surface area (Å²) in [6.07, 6.45) is 3.72. The lowest BCUT2D eigenvalue weighted by Gasteiger charge is -2.18. The highest BCUT2D eigenvalue weighted by molar-refractivity contribution is 5.35. The summed E-state index contributed by atoms with van der Waals surface area (Å²) in [5.41, 5.74) is 2.41. The molecule has 20 heavy (non-hydrogen) atoms. The van der Waals surface area contributed by atoms with Crippen LogP contribution >= 0.6 is 0 Å². The van der Waals surface area contributed by atoms with Crippen LogP contribution in [0.4, 0.5) is 0 Å². The molecule has 0 fully saturated rings. The van der Waals surface area contributed by atoms with Gasteiger partial charge in [-0.05, 0) is 25.6 Å². The average Bonchev–Trinajstić information content (AvgIpc) is 2.87. The standard InChI is InChI=1S/C16H23N3O/c1-4-15(17-2)14-7-5-6-8-16(14)20-12-10-13-9-11-18-19(13)3/h5-9,11,15,17H,4,10,12H2,1-3H3. The molecule has 0 aliphatic heterocycles. The molecule has 4 nitrogen and oxygen atoms in total. The molecule has 0 saturated heterocycles. The van der Waals surface area contributed by atoms with Gasteiger partial charge in [0, 0.05) is 37.0 Å². The molecule has 1 unspecified atom stereocenters. The Morgan fingerprint density at radius 2 is 2.10 bits per heavy atom. The van der Waals surface area contributed by atoms with Gasteiger partial charge < -0.3 is 10.1 Å². The van der Waals surface area contributed by atoms with Crippen LogP contribution in [0, 0.1) is 0 Å². The summed E-state index contributed by atoms with van der Waals surface area (Å²) in [6, 6.07) is 10.6. The zero-order valence-corrected chi connectivity index (χ0v) is 12.5. The van der Waals surface area contributed by atoms with Gasteiger partial charge in [0.15, 0.2) is 0 Å². The summed E-state index contributed by atoms with van der Waals surface area (Å²) in [5, 5.41) is 7.49. The quantitative estimate of drug-likeness (QED) is 0.843. The van der Waals surface area contributed by atoms with Crippen LogP contribution in [0.5, 0.6) is 5.75 Å². The highest BCUT2D eigenvalue weighted by Crippen LogP contribution is 2.26. The first-order valence-electron chi connectivity index (χ1n) is 7.12. The second kappa shape index (κ2) is 7.10. The molecule has 1 heterocycles. The van der Waals surface area contributed by atoms with Crippen molar-refractivity contribution < 1.29 is 4.74 Å². The lowest BCUT2D eigenvalue weighted by molar-refractivity contribution is 0.311. The van der Waals surface area contributed by atoms with Crippen molar-refractivity contribution in [2.45, 2.75) is 25.8 Å². The number of rotatable bonds is 7.